The Bertz CT molecular complexity index is 190. The minimum absolute atomic E-state index is 0.176. The molecule has 0 aliphatic carbocycles. The van der Waals surface area contributed by atoms with Gasteiger partial charge in [0.25, 0.3) is 0 Å². The van der Waals surface area contributed by atoms with Crippen molar-refractivity contribution in [1.29, 1.82) is 0 Å². The molecule has 0 bridgehead atoms. The van der Waals surface area contributed by atoms with E-state index < -0.39 is 17.7 Å². The highest BCUT2D eigenvalue weighted by atomic mass is 16.8. The van der Waals surface area contributed by atoms with E-state index in [1.54, 1.807) is 0 Å². The van der Waals surface area contributed by atoms with Gasteiger partial charge < -0.3 is 19.3 Å². The fourth-order valence-electron chi connectivity index (χ4n) is 1.56. The lowest BCUT2D eigenvalue weighted by Gasteiger charge is -2.23. The molecule has 5 nitrogen and oxygen atoms in total. The van der Waals surface area contributed by atoms with Gasteiger partial charge in [0, 0.05) is 0 Å². The van der Waals surface area contributed by atoms with E-state index in [0.29, 0.717) is 13.2 Å². The van der Waals surface area contributed by atoms with E-state index in [2.05, 4.69) is 0 Å². The summed E-state index contributed by atoms with van der Waals surface area (Å²) in [4.78, 5) is 10.7. The smallest absolute Gasteiger partial charge is 0.314 e. The maximum atomic E-state index is 10.7. The van der Waals surface area contributed by atoms with Crippen molar-refractivity contribution >= 4 is 5.97 Å². The lowest BCUT2D eigenvalue weighted by molar-refractivity contribution is -0.192. The number of ether oxygens (including phenoxy) is 3. The molecule has 5 heteroatoms. The van der Waals surface area contributed by atoms with Crippen molar-refractivity contribution in [3.63, 3.8) is 0 Å². The van der Waals surface area contributed by atoms with Gasteiger partial charge in [0.1, 0.15) is 12.5 Å². The summed E-state index contributed by atoms with van der Waals surface area (Å²) in [7, 11) is 0. The van der Waals surface area contributed by atoms with Crippen molar-refractivity contribution in [3.05, 3.63) is 0 Å². The van der Waals surface area contributed by atoms with E-state index in [9.17, 15) is 4.79 Å². The molecule has 1 atom stereocenters. The molecule has 0 aromatic rings. The van der Waals surface area contributed by atoms with Crippen LogP contribution in [0.15, 0.2) is 0 Å². The number of carboxylic acids is 1. The molecule has 68 valence electrons. The van der Waals surface area contributed by atoms with Crippen LogP contribution >= 0.6 is 0 Å². The van der Waals surface area contributed by atoms with E-state index in [4.69, 9.17) is 19.3 Å². The second kappa shape index (κ2) is 2.69. The van der Waals surface area contributed by atoms with Crippen LogP contribution in [0.1, 0.15) is 0 Å². The van der Waals surface area contributed by atoms with E-state index in [-0.39, 0.29) is 13.2 Å². The number of rotatable bonds is 1. The monoisotopic (exact) mass is 174 g/mol. The summed E-state index contributed by atoms with van der Waals surface area (Å²) in [5, 5.41) is 8.80. The summed E-state index contributed by atoms with van der Waals surface area (Å²) in [5.41, 5.74) is 0. The Morgan fingerprint density at radius 1 is 1.42 bits per heavy atom. The third-order valence-electron chi connectivity index (χ3n) is 2.19. The first-order valence-corrected chi connectivity index (χ1v) is 3.83. The van der Waals surface area contributed by atoms with Crippen molar-refractivity contribution in [2.75, 3.05) is 26.4 Å². The van der Waals surface area contributed by atoms with Gasteiger partial charge in [-0.05, 0) is 0 Å². The SMILES string of the molecule is O=C(O)[C@@H]1COCC12OCCO2. The molecule has 0 unspecified atom stereocenters. The predicted molar refractivity (Wildman–Crippen MR) is 36.6 cm³/mol. The molecule has 2 aliphatic heterocycles. The van der Waals surface area contributed by atoms with Crippen molar-refractivity contribution in [1.82, 2.24) is 0 Å². The Morgan fingerprint density at radius 2 is 2.08 bits per heavy atom. The molecule has 1 N–H and O–H groups in total. The molecule has 0 radical (unpaired) electrons. The van der Waals surface area contributed by atoms with Crippen molar-refractivity contribution in [3.8, 4) is 0 Å². The van der Waals surface area contributed by atoms with Crippen LogP contribution in [0.3, 0.4) is 0 Å². The minimum atomic E-state index is -0.994. The number of carbonyl (C=O) groups is 1. The second-order valence-electron chi connectivity index (χ2n) is 2.91. The van der Waals surface area contributed by atoms with Crippen molar-refractivity contribution in [2.24, 2.45) is 5.92 Å². The largest absolute Gasteiger partial charge is 0.481 e. The van der Waals surface area contributed by atoms with Crippen LogP contribution in [0.2, 0.25) is 0 Å². The first-order chi connectivity index (χ1) is 5.75. The number of hydrogen-bond donors (Lipinski definition) is 1. The zero-order chi connectivity index (χ0) is 8.60. The van der Waals surface area contributed by atoms with Gasteiger partial charge in [0.15, 0.2) is 0 Å². The van der Waals surface area contributed by atoms with Crippen LogP contribution in [-0.4, -0.2) is 43.3 Å². The molecule has 2 saturated heterocycles. The Kier molecular flexibility index (Phi) is 1.79. The Morgan fingerprint density at radius 3 is 2.67 bits per heavy atom. The fourth-order valence-corrected chi connectivity index (χ4v) is 1.56. The standard InChI is InChI=1S/C7H10O5/c8-6(9)5-3-10-4-7(5)11-1-2-12-7/h5H,1-4H2,(H,8,9)/t5-/m0/s1. The van der Waals surface area contributed by atoms with E-state index in [0.717, 1.165) is 0 Å². The first kappa shape index (κ1) is 7.97. The summed E-state index contributed by atoms with van der Waals surface area (Å²) in [6.45, 7) is 1.31. The Hall–Kier alpha value is -0.650. The summed E-state index contributed by atoms with van der Waals surface area (Å²) < 4.78 is 15.5. The molecule has 12 heavy (non-hydrogen) atoms. The normalized spacial score (nSPS) is 32.8. The van der Waals surface area contributed by atoms with Crippen LogP contribution in [0.25, 0.3) is 0 Å². The molecule has 2 heterocycles. The average molecular weight is 174 g/mol. The lowest BCUT2D eigenvalue weighted by Crippen LogP contribution is -2.42. The Balaban J connectivity index is 2.17. The zero-order valence-corrected chi connectivity index (χ0v) is 6.49. The summed E-state index contributed by atoms with van der Waals surface area (Å²) >= 11 is 0. The Labute approximate surface area is 69.2 Å². The molecule has 0 aromatic carbocycles. The van der Waals surface area contributed by atoms with Gasteiger partial charge in [-0.25, -0.2) is 0 Å². The van der Waals surface area contributed by atoms with Gasteiger partial charge in [-0.1, -0.05) is 0 Å². The third-order valence-corrected chi connectivity index (χ3v) is 2.19. The highest BCUT2D eigenvalue weighted by molar-refractivity contribution is 5.71. The van der Waals surface area contributed by atoms with Crippen molar-refractivity contribution < 1.29 is 24.1 Å². The summed E-state index contributed by atoms with van der Waals surface area (Å²) in [6.07, 6.45) is 0. The number of aliphatic carboxylic acids is 1. The highest BCUT2D eigenvalue weighted by Gasteiger charge is 2.53. The molecule has 0 saturated carbocycles. The number of hydrogen-bond acceptors (Lipinski definition) is 4. The number of carboxylic acid groups (broad SMARTS) is 1. The van der Waals surface area contributed by atoms with Crippen LogP contribution < -0.4 is 0 Å². The van der Waals surface area contributed by atoms with Crippen LogP contribution in [0.4, 0.5) is 0 Å². The van der Waals surface area contributed by atoms with Gasteiger partial charge in [0.2, 0.25) is 5.79 Å². The van der Waals surface area contributed by atoms with Gasteiger partial charge >= 0.3 is 5.97 Å². The van der Waals surface area contributed by atoms with E-state index in [1.807, 2.05) is 0 Å². The van der Waals surface area contributed by atoms with Crippen molar-refractivity contribution in [2.45, 2.75) is 5.79 Å². The van der Waals surface area contributed by atoms with E-state index >= 15 is 0 Å². The first-order valence-electron chi connectivity index (χ1n) is 3.83. The molecule has 2 aliphatic rings. The van der Waals surface area contributed by atoms with Crippen LogP contribution in [0, 0.1) is 5.92 Å². The lowest BCUT2D eigenvalue weighted by atomic mass is 10.0. The maximum Gasteiger partial charge on any atom is 0.314 e. The maximum absolute atomic E-state index is 10.7. The van der Waals surface area contributed by atoms with Gasteiger partial charge in [-0.3, -0.25) is 4.79 Å². The molecule has 2 fully saturated rings. The molecule has 1 spiro atoms. The predicted octanol–water partition coefficient (Wildman–Crippen LogP) is -0.540. The third kappa shape index (κ3) is 1.01. The zero-order valence-electron chi connectivity index (χ0n) is 6.49. The topological polar surface area (TPSA) is 65.0 Å². The quantitative estimate of drug-likeness (QED) is 0.578. The highest BCUT2D eigenvalue weighted by Crippen LogP contribution is 2.34. The fraction of sp³-hybridized carbons (Fsp3) is 0.857. The molecule has 0 aromatic heterocycles. The molecular weight excluding hydrogens is 164 g/mol. The van der Waals surface area contributed by atoms with E-state index in [1.165, 1.54) is 0 Å². The average Bonchev–Trinajstić information content (AvgIpc) is 2.61. The molecule has 0 amide bonds. The molecule has 2 rings (SSSR count). The van der Waals surface area contributed by atoms with Gasteiger partial charge in [-0.15, -0.1) is 0 Å². The second-order valence-corrected chi connectivity index (χ2v) is 2.91. The van der Waals surface area contributed by atoms with Crippen LogP contribution in [0.5, 0.6) is 0 Å². The van der Waals surface area contributed by atoms with Crippen LogP contribution in [-0.2, 0) is 19.0 Å². The van der Waals surface area contributed by atoms with Gasteiger partial charge in [-0.2, -0.15) is 0 Å². The summed E-state index contributed by atoms with van der Waals surface area (Å²) in [5.74, 6) is -2.60. The molecular formula is C7H10O5. The van der Waals surface area contributed by atoms with Gasteiger partial charge in [0.05, 0.1) is 19.8 Å². The summed E-state index contributed by atoms with van der Waals surface area (Å²) in [6, 6.07) is 0. The minimum Gasteiger partial charge on any atom is -0.481 e.